The molecule has 0 aromatic heterocycles. The predicted octanol–water partition coefficient (Wildman–Crippen LogP) is 2.01. The normalized spacial score (nSPS) is 20.7. The average molecular weight is 294 g/mol. The van der Waals surface area contributed by atoms with Crippen LogP contribution in [0.25, 0.3) is 0 Å². The summed E-state index contributed by atoms with van der Waals surface area (Å²) in [4.78, 5) is 12.2. The van der Waals surface area contributed by atoms with E-state index in [2.05, 4.69) is 5.32 Å². The van der Waals surface area contributed by atoms with Crippen molar-refractivity contribution in [2.45, 2.75) is 24.5 Å². The van der Waals surface area contributed by atoms with E-state index in [-0.39, 0.29) is 12.7 Å². The maximum atomic E-state index is 12.2. The summed E-state index contributed by atoms with van der Waals surface area (Å²) in [6.07, 6.45) is 3.70. The minimum atomic E-state index is -0.146. The second kappa shape index (κ2) is 5.83. The van der Waals surface area contributed by atoms with Crippen LogP contribution in [0.2, 0.25) is 0 Å². The summed E-state index contributed by atoms with van der Waals surface area (Å²) in [5, 5.41) is 3.48. The van der Waals surface area contributed by atoms with Gasteiger partial charge in [0.25, 0.3) is 5.91 Å². The Morgan fingerprint density at radius 3 is 2.90 bits per heavy atom. The van der Waals surface area contributed by atoms with Gasteiger partial charge in [0.15, 0.2) is 11.5 Å². The van der Waals surface area contributed by atoms with Crippen LogP contribution in [0.5, 0.6) is 11.5 Å². The van der Waals surface area contributed by atoms with E-state index in [1.54, 1.807) is 12.1 Å². The number of benzene rings is 1. The van der Waals surface area contributed by atoms with E-state index in [0.717, 1.165) is 0 Å². The number of amides is 1. The lowest BCUT2D eigenvalue weighted by molar-refractivity contribution is 0.0954. The number of carbonyl (C=O) groups is 1. The molecule has 0 saturated carbocycles. The van der Waals surface area contributed by atoms with E-state index in [0.29, 0.717) is 34.5 Å². The molecule has 108 valence electrons. The van der Waals surface area contributed by atoms with Crippen LogP contribution < -0.4 is 20.5 Å². The predicted molar refractivity (Wildman–Crippen MR) is 79.4 cm³/mol. The van der Waals surface area contributed by atoms with Gasteiger partial charge in [0.2, 0.25) is 6.79 Å². The fraction of sp³-hybridized carbons (Fsp3) is 0.500. The summed E-state index contributed by atoms with van der Waals surface area (Å²) in [5.74, 6) is 2.22. The van der Waals surface area contributed by atoms with Gasteiger partial charge in [-0.1, -0.05) is 6.42 Å². The van der Waals surface area contributed by atoms with Crippen molar-refractivity contribution in [3.8, 4) is 11.5 Å². The van der Waals surface area contributed by atoms with E-state index in [9.17, 15) is 4.79 Å². The molecule has 1 fully saturated rings. The third-order valence-corrected chi connectivity index (χ3v) is 4.95. The first-order valence-electron chi connectivity index (χ1n) is 6.83. The molecule has 2 heterocycles. The van der Waals surface area contributed by atoms with Gasteiger partial charge >= 0.3 is 0 Å². The Morgan fingerprint density at radius 1 is 1.35 bits per heavy atom. The molecule has 2 aliphatic rings. The second-order valence-corrected chi connectivity index (χ2v) is 6.40. The molecule has 1 atom stereocenters. The smallest absolute Gasteiger partial charge is 0.253 e. The Labute approximate surface area is 122 Å². The minimum Gasteiger partial charge on any atom is -0.454 e. The van der Waals surface area contributed by atoms with Crippen LogP contribution in [0, 0.1) is 0 Å². The Balaban J connectivity index is 1.64. The average Bonchev–Trinajstić information content (AvgIpc) is 2.92. The van der Waals surface area contributed by atoms with Crippen molar-refractivity contribution in [1.29, 1.82) is 0 Å². The van der Waals surface area contributed by atoms with Gasteiger partial charge in [-0.05, 0) is 24.7 Å². The summed E-state index contributed by atoms with van der Waals surface area (Å²) in [5.41, 5.74) is 6.77. The Morgan fingerprint density at radius 2 is 2.15 bits per heavy atom. The molecular weight excluding hydrogens is 276 g/mol. The number of fused-ring (bicyclic) bond motifs is 1. The number of hydrogen-bond donors (Lipinski definition) is 2. The first-order valence-corrected chi connectivity index (χ1v) is 7.88. The van der Waals surface area contributed by atoms with Gasteiger partial charge in [-0.15, -0.1) is 0 Å². The fourth-order valence-corrected chi connectivity index (χ4v) is 3.66. The van der Waals surface area contributed by atoms with Crippen LogP contribution in [-0.4, -0.2) is 30.2 Å². The van der Waals surface area contributed by atoms with Gasteiger partial charge in [-0.25, -0.2) is 0 Å². The summed E-state index contributed by atoms with van der Waals surface area (Å²) in [7, 11) is 0. The van der Waals surface area contributed by atoms with Crippen molar-refractivity contribution >= 4 is 23.4 Å². The van der Waals surface area contributed by atoms with Crippen molar-refractivity contribution in [3.05, 3.63) is 17.7 Å². The lowest BCUT2D eigenvalue weighted by atomic mass is 10.1. The number of thioether (sulfide) groups is 1. The molecule has 0 bridgehead atoms. The Hall–Kier alpha value is -1.56. The molecule has 20 heavy (non-hydrogen) atoms. The van der Waals surface area contributed by atoms with Gasteiger partial charge < -0.3 is 20.5 Å². The van der Waals surface area contributed by atoms with E-state index in [1.165, 1.54) is 25.0 Å². The molecule has 1 unspecified atom stereocenters. The number of ether oxygens (including phenoxy) is 2. The van der Waals surface area contributed by atoms with Gasteiger partial charge in [-0.3, -0.25) is 4.79 Å². The van der Waals surface area contributed by atoms with Crippen molar-refractivity contribution in [2.75, 3.05) is 24.8 Å². The number of nitrogens with one attached hydrogen (secondary N) is 1. The molecule has 5 nitrogen and oxygen atoms in total. The van der Waals surface area contributed by atoms with Crippen LogP contribution >= 0.6 is 11.8 Å². The molecule has 0 aliphatic carbocycles. The van der Waals surface area contributed by atoms with E-state index in [1.807, 2.05) is 11.8 Å². The number of carbonyl (C=O) groups excluding carboxylic acids is 1. The van der Waals surface area contributed by atoms with E-state index >= 15 is 0 Å². The van der Waals surface area contributed by atoms with Crippen molar-refractivity contribution in [3.63, 3.8) is 0 Å². The molecule has 0 radical (unpaired) electrons. The molecular formula is C14H18N2O3S. The highest BCUT2D eigenvalue weighted by molar-refractivity contribution is 7.99. The summed E-state index contributed by atoms with van der Waals surface area (Å²) in [6, 6.07) is 3.30. The maximum Gasteiger partial charge on any atom is 0.253 e. The monoisotopic (exact) mass is 294 g/mol. The molecule has 6 heteroatoms. The molecule has 1 aromatic carbocycles. The van der Waals surface area contributed by atoms with Crippen molar-refractivity contribution < 1.29 is 14.3 Å². The highest BCUT2D eigenvalue weighted by Crippen LogP contribution is 2.35. The summed E-state index contributed by atoms with van der Waals surface area (Å²) >= 11 is 1.93. The fourth-order valence-electron chi connectivity index (χ4n) is 2.42. The highest BCUT2D eigenvalue weighted by atomic mass is 32.2. The van der Waals surface area contributed by atoms with Crippen LogP contribution in [-0.2, 0) is 0 Å². The van der Waals surface area contributed by atoms with Crippen LogP contribution in [0.1, 0.15) is 29.6 Å². The quantitative estimate of drug-likeness (QED) is 0.834. The Kier molecular flexibility index (Phi) is 3.91. The minimum absolute atomic E-state index is 0.146. The summed E-state index contributed by atoms with van der Waals surface area (Å²) in [6.45, 7) is 0.871. The number of nitrogens with two attached hydrogens (primary N) is 1. The second-order valence-electron chi connectivity index (χ2n) is 4.99. The first-order chi connectivity index (χ1) is 9.74. The molecule has 1 amide bonds. The van der Waals surface area contributed by atoms with Crippen LogP contribution in [0.4, 0.5) is 5.69 Å². The number of anilines is 1. The lowest BCUT2D eigenvalue weighted by Crippen LogP contribution is -2.32. The SMILES string of the molecule is Nc1cc2c(cc1C(=O)NCC1CCCCS1)OCO2. The Bertz CT molecular complexity index is 515. The maximum absolute atomic E-state index is 12.2. The zero-order valence-corrected chi connectivity index (χ0v) is 12.0. The third kappa shape index (κ3) is 2.80. The third-order valence-electron chi connectivity index (χ3n) is 3.55. The summed E-state index contributed by atoms with van der Waals surface area (Å²) < 4.78 is 10.5. The number of hydrogen-bond acceptors (Lipinski definition) is 5. The molecule has 2 aliphatic heterocycles. The van der Waals surface area contributed by atoms with Crippen LogP contribution in [0.15, 0.2) is 12.1 Å². The largest absolute Gasteiger partial charge is 0.454 e. The standard InChI is InChI=1S/C14H18N2O3S/c15-11-6-13-12(18-8-19-13)5-10(11)14(17)16-7-9-3-1-2-4-20-9/h5-6,9H,1-4,7-8,15H2,(H,16,17). The van der Waals surface area contributed by atoms with Crippen molar-refractivity contribution in [1.82, 2.24) is 5.32 Å². The van der Waals surface area contributed by atoms with Gasteiger partial charge in [0, 0.05) is 23.5 Å². The molecule has 1 aromatic rings. The van der Waals surface area contributed by atoms with E-state index in [4.69, 9.17) is 15.2 Å². The lowest BCUT2D eigenvalue weighted by Gasteiger charge is -2.21. The number of nitrogen functional groups attached to an aromatic ring is 1. The van der Waals surface area contributed by atoms with Gasteiger partial charge in [-0.2, -0.15) is 11.8 Å². The highest BCUT2D eigenvalue weighted by Gasteiger charge is 2.21. The molecule has 1 saturated heterocycles. The molecule has 0 spiro atoms. The van der Waals surface area contributed by atoms with Gasteiger partial charge in [0.1, 0.15) is 0 Å². The van der Waals surface area contributed by atoms with Gasteiger partial charge in [0.05, 0.1) is 5.56 Å². The van der Waals surface area contributed by atoms with Crippen molar-refractivity contribution in [2.24, 2.45) is 0 Å². The topological polar surface area (TPSA) is 73.6 Å². The number of rotatable bonds is 3. The van der Waals surface area contributed by atoms with Crippen LogP contribution in [0.3, 0.4) is 0 Å². The zero-order valence-electron chi connectivity index (χ0n) is 11.2. The molecule has 3 rings (SSSR count). The zero-order chi connectivity index (χ0) is 13.9. The first kappa shape index (κ1) is 13.4. The van der Waals surface area contributed by atoms with E-state index < -0.39 is 0 Å². The molecule has 3 N–H and O–H groups in total.